The third kappa shape index (κ3) is 4.50. The summed E-state index contributed by atoms with van der Waals surface area (Å²) in [4.78, 5) is 20.5. The van der Waals surface area contributed by atoms with E-state index in [1.165, 1.54) is 6.07 Å². The summed E-state index contributed by atoms with van der Waals surface area (Å²) in [6.07, 6.45) is 3.67. The first-order chi connectivity index (χ1) is 16.2. The Kier molecular flexibility index (Phi) is 6.38. The van der Waals surface area contributed by atoms with Gasteiger partial charge in [-0.15, -0.1) is 0 Å². The van der Waals surface area contributed by atoms with Gasteiger partial charge in [-0.3, -0.25) is 9.78 Å². The molecule has 3 aromatic rings. The molecule has 0 N–H and O–H groups in total. The fourth-order valence-corrected chi connectivity index (χ4v) is 5.22. The minimum atomic E-state index is -0.886. The molecule has 2 aliphatic heterocycles. The van der Waals surface area contributed by atoms with Gasteiger partial charge in [0.05, 0.1) is 24.1 Å². The molecule has 1 aromatic heterocycles. The Bertz CT molecular complexity index is 1130. The Morgan fingerprint density at radius 1 is 1.06 bits per heavy atom. The maximum Gasteiger partial charge on any atom is 0.233 e. The number of carbonyl (C=O) groups is 1. The van der Waals surface area contributed by atoms with E-state index in [9.17, 15) is 9.18 Å². The molecule has 0 saturated carbocycles. The highest BCUT2D eigenvalue weighted by molar-refractivity contribution is 5.88. The van der Waals surface area contributed by atoms with Crippen molar-refractivity contribution in [2.24, 2.45) is 5.92 Å². The van der Waals surface area contributed by atoms with Gasteiger partial charge in [0.15, 0.2) is 0 Å². The molecular weight excluding hydrogens is 419 g/mol. The van der Waals surface area contributed by atoms with Crippen molar-refractivity contribution < 1.29 is 18.7 Å². The number of aromatic nitrogens is 1. The summed E-state index contributed by atoms with van der Waals surface area (Å²) in [5.74, 6) is -0.183. The number of hydrogen-bond donors (Lipinski definition) is 0. The second kappa shape index (κ2) is 9.57. The first kappa shape index (κ1) is 22.0. The molecule has 3 heterocycles. The van der Waals surface area contributed by atoms with Gasteiger partial charge < -0.3 is 14.4 Å². The number of rotatable bonds is 4. The van der Waals surface area contributed by atoms with Crippen LogP contribution in [0.15, 0.2) is 60.8 Å². The van der Waals surface area contributed by atoms with E-state index in [2.05, 4.69) is 17.1 Å². The third-order valence-corrected chi connectivity index (χ3v) is 6.94. The number of amides is 1. The van der Waals surface area contributed by atoms with Crippen molar-refractivity contribution in [3.05, 3.63) is 77.7 Å². The SMILES string of the molecule is O=C(N1CCOCC(Cc2cnc3ccccc3c2)C1)C1(c2ccccc2F)CCOCC1. The smallest absolute Gasteiger partial charge is 0.233 e. The quantitative estimate of drug-likeness (QED) is 0.602. The number of carbonyl (C=O) groups excluding carboxylic acids is 1. The monoisotopic (exact) mass is 448 g/mol. The van der Waals surface area contributed by atoms with E-state index in [1.807, 2.05) is 35.4 Å². The summed E-state index contributed by atoms with van der Waals surface area (Å²) in [5, 5.41) is 1.11. The van der Waals surface area contributed by atoms with E-state index in [1.54, 1.807) is 12.1 Å². The number of halogens is 1. The molecule has 33 heavy (non-hydrogen) atoms. The van der Waals surface area contributed by atoms with Gasteiger partial charge in [-0.1, -0.05) is 36.4 Å². The van der Waals surface area contributed by atoms with Gasteiger partial charge >= 0.3 is 0 Å². The first-order valence-electron chi connectivity index (χ1n) is 11.7. The van der Waals surface area contributed by atoms with Crippen molar-refractivity contribution in [3.63, 3.8) is 0 Å². The van der Waals surface area contributed by atoms with Crippen molar-refractivity contribution >= 4 is 16.8 Å². The van der Waals surface area contributed by atoms with Crippen LogP contribution in [0, 0.1) is 11.7 Å². The van der Waals surface area contributed by atoms with E-state index >= 15 is 0 Å². The van der Waals surface area contributed by atoms with Crippen molar-refractivity contribution in [2.45, 2.75) is 24.7 Å². The number of para-hydroxylation sites is 1. The molecule has 0 radical (unpaired) electrons. The highest BCUT2D eigenvalue weighted by atomic mass is 19.1. The molecule has 5 nitrogen and oxygen atoms in total. The Morgan fingerprint density at radius 2 is 1.85 bits per heavy atom. The van der Waals surface area contributed by atoms with Crippen LogP contribution in [0.4, 0.5) is 4.39 Å². The van der Waals surface area contributed by atoms with Gasteiger partial charge in [0.25, 0.3) is 0 Å². The predicted octanol–water partition coefficient (Wildman–Crippen LogP) is 4.14. The maximum atomic E-state index is 14.9. The molecule has 172 valence electrons. The molecule has 6 heteroatoms. The molecule has 0 bridgehead atoms. The van der Waals surface area contributed by atoms with Crippen LogP contribution in [0.25, 0.3) is 10.9 Å². The van der Waals surface area contributed by atoms with Gasteiger partial charge in [-0.25, -0.2) is 4.39 Å². The van der Waals surface area contributed by atoms with Crippen LogP contribution in [0.1, 0.15) is 24.0 Å². The first-order valence-corrected chi connectivity index (χ1v) is 11.7. The zero-order valence-electron chi connectivity index (χ0n) is 18.7. The molecule has 0 aliphatic carbocycles. The lowest BCUT2D eigenvalue weighted by Crippen LogP contribution is -2.51. The number of nitrogens with zero attached hydrogens (tertiary/aromatic N) is 2. The minimum absolute atomic E-state index is 0.0111. The van der Waals surface area contributed by atoms with Crippen LogP contribution < -0.4 is 0 Å². The number of fused-ring (bicyclic) bond motifs is 1. The van der Waals surface area contributed by atoms with E-state index in [0.717, 1.165) is 22.9 Å². The van der Waals surface area contributed by atoms with Crippen LogP contribution >= 0.6 is 0 Å². The zero-order valence-corrected chi connectivity index (χ0v) is 18.7. The van der Waals surface area contributed by atoms with Crippen molar-refractivity contribution in [2.75, 3.05) is 39.5 Å². The van der Waals surface area contributed by atoms with Crippen LogP contribution in [-0.4, -0.2) is 55.3 Å². The van der Waals surface area contributed by atoms with Gasteiger partial charge in [0, 0.05) is 49.4 Å². The Labute approximate surface area is 193 Å². The van der Waals surface area contributed by atoms with Crippen LogP contribution in [0.3, 0.4) is 0 Å². The van der Waals surface area contributed by atoms with Gasteiger partial charge in [-0.05, 0) is 43.0 Å². The molecular formula is C27H29FN2O3. The Balaban J connectivity index is 1.39. The van der Waals surface area contributed by atoms with Gasteiger partial charge in [0.1, 0.15) is 5.82 Å². The Hall–Kier alpha value is -2.83. The molecule has 2 saturated heterocycles. The van der Waals surface area contributed by atoms with Crippen LogP contribution in [0.2, 0.25) is 0 Å². The second-order valence-electron chi connectivity index (χ2n) is 9.11. The topological polar surface area (TPSA) is 51.7 Å². The van der Waals surface area contributed by atoms with E-state index < -0.39 is 5.41 Å². The van der Waals surface area contributed by atoms with E-state index in [-0.39, 0.29) is 17.6 Å². The average molecular weight is 449 g/mol. The lowest BCUT2D eigenvalue weighted by molar-refractivity contribution is -0.142. The van der Waals surface area contributed by atoms with E-state index in [4.69, 9.17) is 9.47 Å². The lowest BCUT2D eigenvalue weighted by atomic mass is 9.72. The second-order valence-corrected chi connectivity index (χ2v) is 9.11. The molecule has 2 fully saturated rings. The summed E-state index contributed by atoms with van der Waals surface area (Å²) < 4.78 is 26.3. The number of benzene rings is 2. The normalized spacial score (nSPS) is 21.0. The standard InChI is InChI=1S/C27H29FN2O3/c28-24-7-3-2-6-23(24)27(9-12-32-13-10-27)26(31)30-11-14-33-19-21(18-30)15-20-16-22-5-1-4-8-25(22)29-17-20/h1-8,16-17,21H,9-15,18-19H2. The Morgan fingerprint density at radius 3 is 2.70 bits per heavy atom. The fourth-order valence-electron chi connectivity index (χ4n) is 5.22. The lowest BCUT2D eigenvalue weighted by Gasteiger charge is -2.40. The molecule has 1 atom stereocenters. The molecule has 1 amide bonds. The average Bonchev–Trinajstić information content (AvgIpc) is 3.10. The van der Waals surface area contributed by atoms with E-state index in [0.29, 0.717) is 57.9 Å². The molecule has 1 unspecified atom stereocenters. The number of hydrogen-bond acceptors (Lipinski definition) is 4. The highest BCUT2D eigenvalue weighted by Gasteiger charge is 2.46. The number of ether oxygens (including phenoxy) is 2. The predicted molar refractivity (Wildman–Crippen MR) is 124 cm³/mol. The van der Waals surface area contributed by atoms with Gasteiger partial charge in [0.2, 0.25) is 5.91 Å². The molecule has 2 aromatic carbocycles. The van der Waals surface area contributed by atoms with Crippen LogP contribution in [0.5, 0.6) is 0 Å². The number of pyridine rings is 1. The molecule has 5 rings (SSSR count). The zero-order chi connectivity index (χ0) is 22.7. The van der Waals surface area contributed by atoms with Crippen molar-refractivity contribution in [1.82, 2.24) is 9.88 Å². The van der Waals surface area contributed by atoms with Crippen molar-refractivity contribution in [3.8, 4) is 0 Å². The van der Waals surface area contributed by atoms with Crippen LogP contribution in [-0.2, 0) is 26.1 Å². The highest BCUT2D eigenvalue weighted by Crippen LogP contribution is 2.38. The largest absolute Gasteiger partial charge is 0.381 e. The summed E-state index contributed by atoms with van der Waals surface area (Å²) in [6.45, 7) is 3.09. The summed E-state index contributed by atoms with van der Waals surface area (Å²) in [5.41, 5.74) is 1.70. The fraction of sp³-hybridized carbons (Fsp3) is 0.407. The summed E-state index contributed by atoms with van der Waals surface area (Å²) in [6, 6.07) is 16.9. The molecule has 2 aliphatic rings. The maximum absolute atomic E-state index is 14.9. The third-order valence-electron chi connectivity index (χ3n) is 6.94. The summed E-state index contributed by atoms with van der Waals surface area (Å²) >= 11 is 0. The molecule has 0 spiro atoms. The van der Waals surface area contributed by atoms with Gasteiger partial charge in [-0.2, -0.15) is 0 Å². The summed E-state index contributed by atoms with van der Waals surface area (Å²) in [7, 11) is 0. The minimum Gasteiger partial charge on any atom is -0.381 e. The van der Waals surface area contributed by atoms with Crippen molar-refractivity contribution in [1.29, 1.82) is 0 Å².